The van der Waals surface area contributed by atoms with Crippen molar-refractivity contribution in [2.45, 2.75) is 24.3 Å². The van der Waals surface area contributed by atoms with Gasteiger partial charge in [0.25, 0.3) is 0 Å². The van der Waals surface area contributed by atoms with Gasteiger partial charge in [0.2, 0.25) is 0 Å². The van der Waals surface area contributed by atoms with Crippen molar-refractivity contribution in [2.75, 3.05) is 5.75 Å². The number of carboxylic acids is 1. The highest BCUT2D eigenvalue weighted by atomic mass is 32.2. The van der Waals surface area contributed by atoms with Gasteiger partial charge in [-0.25, -0.2) is 9.37 Å². The molecule has 1 heterocycles. The molecule has 0 aromatic carbocycles. The summed E-state index contributed by atoms with van der Waals surface area (Å²) in [5, 5.41) is 9.50. The fourth-order valence-electron chi connectivity index (χ4n) is 1.54. The van der Waals surface area contributed by atoms with Gasteiger partial charge in [-0.15, -0.1) is 11.8 Å². The van der Waals surface area contributed by atoms with Crippen molar-refractivity contribution < 1.29 is 14.3 Å². The molecule has 0 atom stereocenters. The molecule has 1 aromatic rings. The Morgan fingerprint density at radius 1 is 1.56 bits per heavy atom. The number of thioether (sulfide) groups is 1. The summed E-state index contributed by atoms with van der Waals surface area (Å²) in [6, 6.07) is 2.99. The predicted molar refractivity (Wildman–Crippen MR) is 58.8 cm³/mol. The van der Waals surface area contributed by atoms with Gasteiger partial charge in [0, 0.05) is 5.75 Å². The molecule has 0 amide bonds. The van der Waals surface area contributed by atoms with Gasteiger partial charge in [-0.1, -0.05) is 0 Å². The molecular weight excluding hydrogens is 229 g/mol. The number of carboxylic acid groups (broad SMARTS) is 1. The number of carbonyl (C=O) groups is 1. The Kier molecular flexibility index (Phi) is 3.14. The molecule has 1 N–H and O–H groups in total. The summed E-state index contributed by atoms with van der Waals surface area (Å²) in [5.74, 6) is -0.348. The second-order valence-corrected chi connectivity index (χ2v) is 5.17. The zero-order chi connectivity index (χ0) is 11.6. The Morgan fingerprint density at radius 3 is 2.81 bits per heavy atom. The maximum Gasteiger partial charge on any atom is 0.303 e. The summed E-state index contributed by atoms with van der Waals surface area (Å²) >= 11 is 1.50. The maximum absolute atomic E-state index is 12.6. The Labute approximate surface area is 97.1 Å². The van der Waals surface area contributed by atoms with E-state index in [1.54, 1.807) is 6.07 Å². The van der Waals surface area contributed by atoms with E-state index in [0.29, 0.717) is 0 Å². The molecule has 1 saturated carbocycles. The van der Waals surface area contributed by atoms with Crippen LogP contribution in [-0.2, 0) is 4.79 Å². The van der Waals surface area contributed by atoms with Crippen LogP contribution >= 0.6 is 11.8 Å². The Bertz CT molecular complexity index is 389. The van der Waals surface area contributed by atoms with E-state index in [-0.39, 0.29) is 17.7 Å². The number of rotatable bonds is 5. The molecule has 0 aliphatic heterocycles. The molecule has 3 nitrogen and oxygen atoms in total. The summed E-state index contributed by atoms with van der Waals surface area (Å²) in [6.45, 7) is 0. The lowest BCUT2D eigenvalue weighted by atomic mass is 10.1. The van der Waals surface area contributed by atoms with Gasteiger partial charge in [0.15, 0.2) is 0 Å². The molecule has 0 radical (unpaired) electrons. The van der Waals surface area contributed by atoms with E-state index in [2.05, 4.69) is 4.98 Å². The molecule has 0 spiro atoms. The molecular formula is C11H12FNO2S. The van der Waals surface area contributed by atoms with E-state index in [9.17, 15) is 9.18 Å². The summed E-state index contributed by atoms with van der Waals surface area (Å²) in [4.78, 5) is 14.6. The number of aliphatic carboxylic acids is 1. The summed E-state index contributed by atoms with van der Waals surface area (Å²) < 4.78 is 12.6. The highest BCUT2D eigenvalue weighted by molar-refractivity contribution is 7.99. The quantitative estimate of drug-likeness (QED) is 0.805. The first-order chi connectivity index (χ1) is 7.60. The van der Waals surface area contributed by atoms with Gasteiger partial charge < -0.3 is 5.11 Å². The summed E-state index contributed by atoms with van der Waals surface area (Å²) in [5.41, 5.74) is -0.0490. The van der Waals surface area contributed by atoms with Crippen LogP contribution in [0.25, 0.3) is 0 Å². The number of hydrogen-bond donors (Lipinski definition) is 1. The Morgan fingerprint density at radius 2 is 2.31 bits per heavy atom. The van der Waals surface area contributed by atoms with Crippen LogP contribution in [0.4, 0.5) is 4.39 Å². The number of aromatic nitrogens is 1. The predicted octanol–water partition coefficient (Wildman–Crippen LogP) is 2.57. The lowest BCUT2D eigenvalue weighted by molar-refractivity contribution is -0.138. The van der Waals surface area contributed by atoms with Crippen LogP contribution in [0.5, 0.6) is 0 Å². The van der Waals surface area contributed by atoms with Crippen molar-refractivity contribution in [2.24, 2.45) is 5.41 Å². The smallest absolute Gasteiger partial charge is 0.303 e. The molecule has 0 unspecified atom stereocenters. The maximum atomic E-state index is 12.6. The molecule has 5 heteroatoms. The fourth-order valence-corrected chi connectivity index (χ4v) is 2.68. The van der Waals surface area contributed by atoms with Crippen LogP contribution in [0, 0.1) is 11.2 Å². The number of hydrogen-bond acceptors (Lipinski definition) is 3. The molecule has 0 bridgehead atoms. The standard InChI is InChI=1S/C11H12FNO2S/c12-8-1-2-9(13-6-8)16-7-11(3-4-11)5-10(14)15/h1-2,6H,3-5,7H2,(H,14,15). The first-order valence-corrected chi connectivity index (χ1v) is 6.04. The first-order valence-electron chi connectivity index (χ1n) is 5.06. The lowest BCUT2D eigenvalue weighted by Crippen LogP contribution is -2.11. The van der Waals surface area contributed by atoms with Crippen molar-refractivity contribution in [3.63, 3.8) is 0 Å². The molecule has 0 saturated heterocycles. The first kappa shape index (κ1) is 11.4. The van der Waals surface area contributed by atoms with Crippen molar-refractivity contribution in [3.8, 4) is 0 Å². The molecule has 86 valence electrons. The van der Waals surface area contributed by atoms with Crippen LogP contribution in [0.3, 0.4) is 0 Å². The topological polar surface area (TPSA) is 50.2 Å². The summed E-state index contributed by atoms with van der Waals surface area (Å²) in [6.07, 6.45) is 3.33. The van der Waals surface area contributed by atoms with E-state index in [1.165, 1.54) is 24.0 Å². The van der Waals surface area contributed by atoms with E-state index in [1.807, 2.05) is 0 Å². The number of halogens is 1. The third kappa shape index (κ3) is 2.95. The molecule has 1 aromatic heterocycles. The average Bonchev–Trinajstić information content (AvgIpc) is 2.97. The van der Waals surface area contributed by atoms with E-state index >= 15 is 0 Å². The highest BCUT2D eigenvalue weighted by Gasteiger charge is 2.44. The van der Waals surface area contributed by atoms with Crippen molar-refractivity contribution in [3.05, 3.63) is 24.1 Å². The van der Waals surface area contributed by atoms with Gasteiger partial charge in [-0.3, -0.25) is 4.79 Å². The molecule has 1 aliphatic carbocycles. The molecule has 16 heavy (non-hydrogen) atoms. The fraction of sp³-hybridized carbons (Fsp3) is 0.455. The van der Waals surface area contributed by atoms with Gasteiger partial charge in [0.1, 0.15) is 5.82 Å². The number of pyridine rings is 1. The highest BCUT2D eigenvalue weighted by Crippen LogP contribution is 2.51. The minimum absolute atomic E-state index is 0.0490. The van der Waals surface area contributed by atoms with Gasteiger partial charge >= 0.3 is 5.97 Å². The summed E-state index contributed by atoms with van der Waals surface area (Å²) in [7, 11) is 0. The van der Waals surface area contributed by atoms with Crippen LogP contribution in [0.2, 0.25) is 0 Å². The SMILES string of the molecule is O=C(O)CC1(CSc2ccc(F)cn2)CC1. The molecule has 1 aliphatic rings. The minimum Gasteiger partial charge on any atom is -0.481 e. The van der Waals surface area contributed by atoms with Crippen molar-refractivity contribution in [1.82, 2.24) is 4.98 Å². The third-order valence-corrected chi connectivity index (χ3v) is 4.00. The normalized spacial score (nSPS) is 17.1. The van der Waals surface area contributed by atoms with Gasteiger partial charge in [0.05, 0.1) is 17.6 Å². The Hall–Kier alpha value is -1.10. The second-order valence-electron chi connectivity index (χ2n) is 4.17. The second kappa shape index (κ2) is 4.41. The van der Waals surface area contributed by atoms with Crippen LogP contribution < -0.4 is 0 Å². The van der Waals surface area contributed by atoms with E-state index in [4.69, 9.17) is 5.11 Å². The van der Waals surface area contributed by atoms with E-state index in [0.717, 1.165) is 23.6 Å². The van der Waals surface area contributed by atoms with Crippen LogP contribution in [0.15, 0.2) is 23.4 Å². The molecule has 1 fully saturated rings. The zero-order valence-electron chi connectivity index (χ0n) is 8.65. The Balaban J connectivity index is 1.87. The van der Waals surface area contributed by atoms with Gasteiger partial charge in [-0.05, 0) is 30.4 Å². The van der Waals surface area contributed by atoms with Crippen molar-refractivity contribution >= 4 is 17.7 Å². The van der Waals surface area contributed by atoms with E-state index < -0.39 is 5.97 Å². The zero-order valence-corrected chi connectivity index (χ0v) is 9.47. The minimum atomic E-state index is -0.745. The largest absolute Gasteiger partial charge is 0.481 e. The third-order valence-electron chi connectivity index (χ3n) is 2.71. The van der Waals surface area contributed by atoms with Gasteiger partial charge in [-0.2, -0.15) is 0 Å². The van der Waals surface area contributed by atoms with Crippen molar-refractivity contribution in [1.29, 1.82) is 0 Å². The van der Waals surface area contributed by atoms with Crippen LogP contribution in [0.1, 0.15) is 19.3 Å². The molecule has 2 rings (SSSR count). The number of nitrogens with zero attached hydrogens (tertiary/aromatic N) is 1. The monoisotopic (exact) mass is 241 g/mol. The lowest BCUT2D eigenvalue weighted by Gasteiger charge is -2.10. The van der Waals surface area contributed by atoms with Crippen LogP contribution in [-0.4, -0.2) is 21.8 Å². The average molecular weight is 241 g/mol.